The number of aryl methyl sites for hydroxylation is 1. The zero-order valence-electron chi connectivity index (χ0n) is 9.48. The lowest BCUT2D eigenvalue weighted by Crippen LogP contribution is -2.10. The van der Waals surface area contributed by atoms with Crippen LogP contribution in [0.2, 0.25) is 0 Å². The van der Waals surface area contributed by atoms with Crippen molar-refractivity contribution in [2.75, 3.05) is 6.61 Å². The summed E-state index contributed by atoms with van der Waals surface area (Å²) in [5.74, 6) is 1.64. The Hall–Kier alpha value is -1.02. The van der Waals surface area contributed by atoms with E-state index < -0.39 is 0 Å². The summed E-state index contributed by atoms with van der Waals surface area (Å²) in [7, 11) is 0. The first kappa shape index (κ1) is 10.2. The number of fused-ring (bicyclic) bond motifs is 1. The molecule has 0 radical (unpaired) electrons. The summed E-state index contributed by atoms with van der Waals surface area (Å²) < 4.78 is 5.48. The minimum atomic E-state index is -0.0792. The van der Waals surface area contributed by atoms with E-state index in [0.717, 1.165) is 31.6 Å². The molecule has 1 unspecified atom stereocenters. The van der Waals surface area contributed by atoms with E-state index in [1.807, 2.05) is 0 Å². The maximum Gasteiger partial charge on any atom is 0.122 e. The van der Waals surface area contributed by atoms with E-state index in [1.54, 1.807) is 0 Å². The van der Waals surface area contributed by atoms with E-state index in [9.17, 15) is 5.11 Å². The molecule has 1 saturated carbocycles. The molecule has 0 spiro atoms. The maximum absolute atomic E-state index is 9.82. The molecule has 1 aromatic rings. The molecule has 3 rings (SSSR count). The molecule has 86 valence electrons. The molecule has 1 heterocycles. The van der Waals surface area contributed by atoms with Crippen molar-refractivity contribution in [3.63, 3.8) is 0 Å². The van der Waals surface area contributed by atoms with Gasteiger partial charge in [0.05, 0.1) is 12.7 Å². The van der Waals surface area contributed by atoms with E-state index in [-0.39, 0.29) is 6.10 Å². The average Bonchev–Trinajstić information content (AvgIpc) is 3.04. The Balaban J connectivity index is 1.61. The van der Waals surface area contributed by atoms with Gasteiger partial charge in [-0.05, 0) is 48.8 Å². The lowest BCUT2D eigenvalue weighted by atomic mass is 10.0. The van der Waals surface area contributed by atoms with Crippen LogP contribution in [0, 0.1) is 5.92 Å². The van der Waals surface area contributed by atoms with Gasteiger partial charge in [-0.1, -0.05) is 12.1 Å². The average molecular weight is 218 g/mol. The summed E-state index contributed by atoms with van der Waals surface area (Å²) in [6, 6.07) is 6.44. The fourth-order valence-electron chi connectivity index (χ4n) is 2.43. The standard InChI is InChI=1S/C14H18O2/c15-13(11-3-4-11)5-1-10-2-6-14-12(9-10)7-8-16-14/h2,6,9,11,13,15H,1,3-5,7-8H2. The Kier molecular flexibility index (Phi) is 2.60. The summed E-state index contributed by atoms with van der Waals surface area (Å²) in [6.45, 7) is 0.823. The van der Waals surface area contributed by atoms with Crippen LogP contribution < -0.4 is 4.74 Å². The Morgan fingerprint density at radius 2 is 2.25 bits per heavy atom. The highest BCUT2D eigenvalue weighted by Crippen LogP contribution is 2.34. The first-order chi connectivity index (χ1) is 7.83. The highest BCUT2D eigenvalue weighted by Gasteiger charge is 2.29. The number of aliphatic hydroxyl groups is 1. The first-order valence-corrected chi connectivity index (χ1v) is 6.25. The van der Waals surface area contributed by atoms with Crippen LogP contribution in [0.3, 0.4) is 0 Å². The second kappa shape index (κ2) is 4.10. The van der Waals surface area contributed by atoms with Crippen LogP contribution in [0.1, 0.15) is 30.4 Å². The highest BCUT2D eigenvalue weighted by molar-refractivity contribution is 5.39. The van der Waals surface area contributed by atoms with Crippen LogP contribution in [-0.4, -0.2) is 17.8 Å². The van der Waals surface area contributed by atoms with Crippen LogP contribution in [0.5, 0.6) is 5.75 Å². The van der Waals surface area contributed by atoms with Gasteiger partial charge < -0.3 is 9.84 Å². The molecular formula is C14H18O2. The first-order valence-electron chi connectivity index (χ1n) is 6.25. The van der Waals surface area contributed by atoms with Gasteiger partial charge in [-0.15, -0.1) is 0 Å². The molecule has 2 aliphatic rings. The van der Waals surface area contributed by atoms with E-state index in [2.05, 4.69) is 18.2 Å². The molecular weight excluding hydrogens is 200 g/mol. The zero-order valence-corrected chi connectivity index (χ0v) is 9.48. The van der Waals surface area contributed by atoms with Crippen molar-refractivity contribution in [3.8, 4) is 5.75 Å². The number of hydrogen-bond donors (Lipinski definition) is 1. The van der Waals surface area contributed by atoms with Crippen LogP contribution in [-0.2, 0) is 12.8 Å². The number of aliphatic hydroxyl groups excluding tert-OH is 1. The fourth-order valence-corrected chi connectivity index (χ4v) is 2.43. The molecule has 1 atom stereocenters. The number of ether oxygens (including phenoxy) is 1. The molecule has 0 bridgehead atoms. The van der Waals surface area contributed by atoms with E-state index in [1.165, 1.54) is 24.0 Å². The second-order valence-electron chi connectivity index (χ2n) is 4.98. The summed E-state index contributed by atoms with van der Waals surface area (Å²) in [4.78, 5) is 0. The van der Waals surface area contributed by atoms with Crippen LogP contribution >= 0.6 is 0 Å². The summed E-state index contributed by atoms with van der Waals surface area (Å²) >= 11 is 0. The maximum atomic E-state index is 9.82. The molecule has 1 aromatic carbocycles. The van der Waals surface area contributed by atoms with Crippen LogP contribution in [0.15, 0.2) is 18.2 Å². The smallest absolute Gasteiger partial charge is 0.122 e. The van der Waals surface area contributed by atoms with Gasteiger partial charge in [0.1, 0.15) is 5.75 Å². The van der Waals surface area contributed by atoms with E-state index in [4.69, 9.17) is 4.74 Å². The molecule has 1 aliphatic heterocycles. The molecule has 0 aromatic heterocycles. The lowest BCUT2D eigenvalue weighted by molar-refractivity contribution is 0.142. The fraction of sp³-hybridized carbons (Fsp3) is 0.571. The van der Waals surface area contributed by atoms with Gasteiger partial charge in [0.25, 0.3) is 0 Å². The Morgan fingerprint density at radius 3 is 3.06 bits per heavy atom. The van der Waals surface area contributed by atoms with Gasteiger partial charge in [0.15, 0.2) is 0 Å². The van der Waals surface area contributed by atoms with Crippen molar-refractivity contribution >= 4 is 0 Å². The van der Waals surface area contributed by atoms with E-state index >= 15 is 0 Å². The third kappa shape index (κ3) is 2.07. The van der Waals surface area contributed by atoms with Crippen molar-refractivity contribution in [1.82, 2.24) is 0 Å². The third-order valence-corrected chi connectivity index (χ3v) is 3.65. The second-order valence-corrected chi connectivity index (χ2v) is 4.98. The molecule has 16 heavy (non-hydrogen) atoms. The molecule has 0 saturated heterocycles. The van der Waals surface area contributed by atoms with Crippen molar-refractivity contribution in [2.24, 2.45) is 5.92 Å². The third-order valence-electron chi connectivity index (χ3n) is 3.65. The minimum absolute atomic E-state index is 0.0792. The number of rotatable bonds is 4. The largest absolute Gasteiger partial charge is 0.493 e. The molecule has 1 N–H and O–H groups in total. The molecule has 1 fully saturated rings. The van der Waals surface area contributed by atoms with Crippen molar-refractivity contribution in [3.05, 3.63) is 29.3 Å². The molecule has 2 heteroatoms. The van der Waals surface area contributed by atoms with Gasteiger partial charge in [-0.25, -0.2) is 0 Å². The number of benzene rings is 1. The SMILES string of the molecule is OC(CCc1ccc2c(c1)CCO2)C1CC1. The minimum Gasteiger partial charge on any atom is -0.493 e. The molecule has 2 nitrogen and oxygen atoms in total. The van der Waals surface area contributed by atoms with Gasteiger partial charge >= 0.3 is 0 Å². The van der Waals surface area contributed by atoms with Crippen LogP contribution in [0.4, 0.5) is 0 Å². The Morgan fingerprint density at radius 1 is 1.38 bits per heavy atom. The summed E-state index contributed by atoms with van der Waals surface area (Å²) in [5, 5.41) is 9.82. The normalized spacial score (nSPS) is 20.3. The highest BCUT2D eigenvalue weighted by atomic mass is 16.5. The summed E-state index contributed by atoms with van der Waals surface area (Å²) in [6.07, 6.45) is 5.30. The van der Waals surface area contributed by atoms with Gasteiger partial charge in [-0.3, -0.25) is 0 Å². The summed E-state index contributed by atoms with van der Waals surface area (Å²) in [5.41, 5.74) is 2.67. The quantitative estimate of drug-likeness (QED) is 0.840. The van der Waals surface area contributed by atoms with Crippen molar-refractivity contribution in [1.29, 1.82) is 0 Å². The van der Waals surface area contributed by atoms with Crippen molar-refractivity contribution in [2.45, 2.75) is 38.2 Å². The molecule has 0 amide bonds. The van der Waals surface area contributed by atoms with Gasteiger partial charge in [-0.2, -0.15) is 0 Å². The van der Waals surface area contributed by atoms with Crippen LogP contribution in [0.25, 0.3) is 0 Å². The number of hydrogen-bond acceptors (Lipinski definition) is 2. The van der Waals surface area contributed by atoms with Gasteiger partial charge in [0, 0.05) is 6.42 Å². The van der Waals surface area contributed by atoms with E-state index in [0.29, 0.717) is 5.92 Å². The molecule has 1 aliphatic carbocycles. The van der Waals surface area contributed by atoms with Crippen molar-refractivity contribution < 1.29 is 9.84 Å². The Bertz CT molecular complexity index is 382. The zero-order chi connectivity index (χ0) is 11.0. The Labute approximate surface area is 96.2 Å². The topological polar surface area (TPSA) is 29.5 Å². The van der Waals surface area contributed by atoms with Gasteiger partial charge in [0.2, 0.25) is 0 Å². The predicted molar refractivity (Wildman–Crippen MR) is 62.7 cm³/mol. The monoisotopic (exact) mass is 218 g/mol. The predicted octanol–water partition coefficient (Wildman–Crippen LogP) is 2.33. The lowest BCUT2D eigenvalue weighted by Gasteiger charge is -2.09.